The number of nitrogens with two attached hydrogens (primary N) is 1. The molecule has 74 valence electrons. The van der Waals surface area contributed by atoms with Crippen LogP contribution in [0.3, 0.4) is 0 Å². The highest BCUT2D eigenvalue weighted by molar-refractivity contribution is 5.76. The first kappa shape index (κ1) is 9.21. The normalized spacial score (nSPS) is 16.5. The quantitative estimate of drug-likeness (QED) is 0.666. The maximum absolute atomic E-state index is 13.5. The van der Waals surface area contributed by atoms with Gasteiger partial charge in [0, 0.05) is 17.8 Å². The van der Waals surface area contributed by atoms with E-state index in [0.29, 0.717) is 17.8 Å². The Bertz CT molecular complexity index is 351. The number of halogens is 1. The molecular formula is C11H13FN2. The van der Waals surface area contributed by atoms with E-state index < -0.39 is 0 Å². The summed E-state index contributed by atoms with van der Waals surface area (Å²) in [5, 5.41) is 3.20. The third kappa shape index (κ3) is 1.63. The van der Waals surface area contributed by atoms with E-state index in [2.05, 4.69) is 5.32 Å². The lowest BCUT2D eigenvalue weighted by Crippen LogP contribution is -2.22. The maximum atomic E-state index is 13.5. The highest BCUT2D eigenvalue weighted by atomic mass is 19.1. The topological polar surface area (TPSA) is 38.0 Å². The largest absolute Gasteiger partial charge is 0.398 e. The molecule has 0 aliphatic carbocycles. The van der Waals surface area contributed by atoms with Crippen LogP contribution in [0.25, 0.3) is 5.57 Å². The lowest BCUT2D eigenvalue weighted by molar-refractivity contribution is 0.622. The summed E-state index contributed by atoms with van der Waals surface area (Å²) in [6, 6.07) is 4.81. The number of nitrogens with one attached hydrogen (secondary N) is 1. The molecular weight excluding hydrogens is 179 g/mol. The van der Waals surface area contributed by atoms with Crippen molar-refractivity contribution in [3.05, 3.63) is 35.7 Å². The van der Waals surface area contributed by atoms with Gasteiger partial charge < -0.3 is 11.1 Å². The van der Waals surface area contributed by atoms with E-state index in [9.17, 15) is 4.39 Å². The van der Waals surface area contributed by atoms with Crippen molar-refractivity contribution in [1.29, 1.82) is 0 Å². The van der Waals surface area contributed by atoms with Crippen molar-refractivity contribution >= 4 is 11.3 Å². The van der Waals surface area contributed by atoms with Crippen LogP contribution in [0.4, 0.5) is 10.1 Å². The summed E-state index contributed by atoms with van der Waals surface area (Å²) < 4.78 is 13.5. The summed E-state index contributed by atoms with van der Waals surface area (Å²) in [5.74, 6) is -0.236. The molecule has 0 aromatic heterocycles. The first-order valence-corrected chi connectivity index (χ1v) is 4.73. The third-order valence-corrected chi connectivity index (χ3v) is 2.39. The lowest BCUT2D eigenvalue weighted by atomic mass is 10.00. The molecule has 0 radical (unpaired) electrons. The Morgan fingerprint density at radius 2 is 2.21 bits per heavy atom. The van der Waals surface area contributed by atoms with Gasteiger partial charge in [0.15, 0.2) is 0 Å². The van der Waals surface area contributed by atoms with Crippen molar-refractivity contribution in [1.82, 2.24) is 5.32 Å². The van der Waals surface area contributed by atoms with Crippen molar-refractivity contribution in [2.75, 3.05) is 18.8 Å². The van der Waals surface area contributed by atoms with Crippen molar-refractivity contribution in [2.45, 2.75) is 6.42 Å². The van der Waals surface area contributed by atoms with Crippen molar-refractivity contribution in [3.8, 4) is 0 Å². The number of nitrogen functional groups attached to an aromatic ring is 1. The number of anilines is 1. The van der Waals surface area contributed by atoms with Gasteiger partial charge >= 0.3 is 0 Å². The Morgan fingerprint density at radius 1 is 1.36 bits per heavy atom. The average molecular weight is 192 g/mol. The zero-order chi connectivity index (χ0) is 9.97. The van der Waals surface area contributed by atoms with Crippen molar-refractivity contribution < 1.29 is 4.39 Å². The third-order valence-electron chi connectivity index (χ3n) is 2.39. The van der Waals surface area contributed by atoms with Crippen LogP contribution in [0.1, 0.15) is 12.0 Å². The molecule has 0 saturated heterocycles. The molecule has 1 aliphatic heterocycles. The molecule has 0 saturated carbocycles. The van der Waals surface area contributed by atoms with Gasteiger partial charge in [-0.05, 0) is 30.7 Å². The fourth-order valence-electron chi connectivity index (χ4n) is 1.71. The molecule has 1 heterocycles. The van der Waals surface area contributed by atoms with Crippen molar-refractivity contribution in [3.63, 3.8) is 0 Å². The zero-order valence-corrected chi connectivity index (χ0v) is 7.89. The minimum atomic E-state index is -0.236. The summed E-state index contributed by atoms with van der Waals surface area (Å²) in [5.41, 5.74) is 7.78. The smallest absolute Gasteiger partial charge is 0.132 e. The van der Waals surface area contributed by atoms with Gasteiger partial charge in [0.25, 0.3) is 0 Å². The van der Waals surface area contributed by atoms with Crippen LogP contribution < -0.4 is 11.1 Å². The van der Waals surface area contributed by atoms with Gasteiger partial charge in [-0.3, -0.25) is 0 Å². The molecule has 3 N–H and O–H groups in total. The van der Waals surface area contributed by atoms with Gasteiger partial charge in [0.2, 0.25) is 0 Å². The van der Waals surface area contributed by atoms with E-state index in [-0.39, 0.29) is 5.82 Å². The molecule has 14 heavy (non-hydrogen) atoms. The van der Waals surface area contributed by atoms with Crippen LogP contribution in [0.2, 0.25) is 0 Å². The molecule has 0 unspecified atom stereocenters. The molecule has 3 heteroatoms. The molecule has 0 spiro atoms. The SMILES string of the molecule is Nc1cccc(F)c1C1=CCCNC1. The Hall–Kier alpha value is -1.35. The van der Waals surface area contributed by atoms with Crippen LogP contribution >= 0.6 is 0 Å². The van der Waals surface area contributed by atoms with Gasteiger partial charge in [0.05, 0.1) is 0 Å². The fourth-order valence-corrected chi connectivity index (χ4v) is 1.71. The lowest BCUT2D eigenvalue weighted by Gasteiger charge is -2.16. The molecule has 1 aliphatic rings. The first-order valence-electron chi connectivity index (χ1n) is 4.73. The number of hydrogen-bond acceptors (Lipinski definition) is 2. The van der Waals surface area contributed by atoms with Crippen LogP contribution in [-0.2, 0) is 0 Å². The van der Waals surface area contributed by atoms with E-state index in [4.69, 9.17) is 5.73 Å². The summed E-state index contributed by atoms with van der Waals surface area (Å²) in [4.78, 5) is 0. The van der Waals surface area contributed by atoms with E-state index in [1.807, 2.05) is 6.08 Å². The molecule has 0 atom stereocenters. The highest BCUT2D eigenvalue weighted by Gasteiger charge is 2.12. The van der Waals surface area contributed by atoms with Crippen LogP contribution in [0.5, 0.6) is 0 Å². The van der Waals surface area contributed by atoms with E-state index in [1.54, 1.807) is 12.1 Å². The average Bonchev–Trinajstić information content (AvgIpc) is 2.19. The maximum Gasteiger partial charge on any atom is 0.132 e. The van der Waals surface area contributed by atoms with Gasteiger partial charge in [-0.1, -0.05) is 12.1 Å². The Balaban J connectivity index is 2.44. The molecule has 1 aromatic rings. The summed E-state index contributed by atoms with van der Waals surface area (Å²) >= 11 is 0. The molecule has 1 aromatic carbocycles. The van der Waals surface area contributed by atoms with Gasteiger partial charge in [-0.2, -0.15) is 0 Å². The Kier molecular flexibility index (Phi) is 2.50. The zero-order valence-electron chi connectivity index (χ0n) is 7.89. The minimum Gasteiger partial charge on any atom is -0.398 e. The standard InChI is InChI=1S/C11H13FN2/c12-9-4-1-5-10(13)11(9)8-3-2-6-14-7-8/h1,3-5,14H,2,6-7,13H2. The molecule has 0 bridgehead atoms. The summed E-state index contributed by atoms with van der Waals surface area (Å²) in [7, 11) is 0. The van der Waals surface area contributed by atoms with E-state index >= 15 is 0 Å². The van der Waals surface area contributed by atoms with E-state index in [1.165, 1.54) is 6.07 Å². The second-order valence-electron chi connectivity index (χ2n) is 3.40. The predicted molar refractivity (Wildman–Crippen MR) is 56.3 cm³/mol. The summed E-state index contributed by atoms with van der Waals surface area (Å²) in [6.07, 6.45) is 2.98. The van der Waals surface area contributed by atoms with Crippen LogP contribution in [0, 0.1) is 5.82 Å². The molecule has 0 fully saturated rings. The van der Waals surface area contributed by atoms with Crippen LogP contribution in [-0.4, -0.2) is 13.1 Å². The van der Waals surface area contributed by atoms with Gasteiger partial charge in [0.1, 0.15) is 5.82 Å². The van der Waals surface area contributed by atoms with Gasteiger partial charge in [-0.15, -0.1) is 0 Å². The molecule has 2 rings (SSSR count). The number of rotatable bonds is 1. The second-order valence-corrected chi connectivity index (χ2v) is 3.40. The second kappa shape index (κ2) is 3.80. The fraction of sp³-hybridized carbons (Fsp3) is 0.273. The first-order chi connectivity index (χ1) is 6.79. The Morgan fingerprint density at radius 3 is 2.86 bits per heavy atom. The Labute approximate surface area is 82.6 Å². The number of benzene rings is 1. The van der Waals surface area contributed by atoms with Crippen molar-refractivity contribution in [2.24, 2.45) is 0 Å². The molecule has 2 nitrogen and oxygen atoms in total. The van der Waals surface area contributed by atoms with E-state index in [0.717, 1.165) is 18.5 Å². The van der Waals surface area contributed by atoms with Gasteiger partial charge in [-0.25, -0.2) is 4.39 Å². The van der Waals surface area contributed by atoms with Crippen LogP contribution in [0.15, 0.2) is 24.3 Å². The monoisotopic (exact) mass is 192 g/mol. The number of hydrogen-bond donors (Lipinski definition) is 2. The highest BCUT2D eigenvalue weighted by Crippen LogP contribution is 2.25. The summed E-state index contributed by atoms with van der Waals surface area (Å²) in [6.45, 7) is 1.66. The molecule has 0 amide bonds. The minimum absolute atomic E-state index is 0.236. The predicted octanol–water partition coefficient (Wildman–Crippen LogP) is 1.78.